The molecule has 0 N–H and O–H groups in total. The highest BCUT2D eigenvalue weighted by atomic mass is 19.4. The first-order valence-electron chi connectivity index (χ1n) is 18.7. The fourth-order valence-electron chi connectivity index (χ4n) is 6.00. The molecule has 0 fully saturated rings. The van der Waals surface area contributed by atoms with Crippen LogP contribution >= 0.6 is 0 Å². The Morgan fingerprint density at radius 3 is 1.25 bits per heavy atom. The topological polar surface area (TPSA) is 179 Å². The number of hydrogen-bond acceptors (Lipinski definition) is 13. The van der Waals surface area contributed by atoms with E-state index in [9.17, 15) is 43.0 Å². The Hall–Kier alpha value is -4.87. The zero-order chi connectivity index (χ0) is 41.5. The predicted octanol–water partition coefficient (Wildman–Crippen LogP) is 8.88. The zero-order valence-electron chi connectivity index (χ0n) is 32.6. The first-order chi connectivity index (χ1) is 26.8. The van der Waals surface area contributed by atoms with Crippen LogP contribution < -0.4 is 18.9 Å². The lowest BCUT2D eigenvalue weighted by atomic mass is 10.0. The van der Waals surface area contributed by atoms with Crippen LogP contribution in [0.3, 0.4) is 0 Å². The highest BCUT2D eigenvalue weighted by Crippen LogP contribution is 2.36. The van der Waals surface area contributed by atoms with Crippen molar-refractivity contribution in [2.24, 2.45) is 0 Å². The predicted molar refractivity (Wildman–Crippen MR) is 200 cm³/mol. The van der Waals surface area contributed by atoms with Gasteiger partial charge in [-0.2, -0.15) is 13.2 Å². The van der Waals surface area contributed by atoms with Crippen LogP contribution in [0.1, 0.15) is 111 Å². The molecule has 314 valence electrons. The third-order valence-corrected chi connectivity index (χ3v) is 9.03. The third-order valence-electron chi connectivity index (χ3n) is 9.03. The largest absolute Gasteiger partial charge is 0.493 e. The minimum atomic E-state index is -4.07. The Morgan fingerprint density at radius 2 is 0.929 bits per heavy atom. The Balaban J connectivity index is 1.97. The molecule has 0 atom stereocenters. The Labute approximate surface area is 325 Å². The van der Waals surface area contributed by atoms with Crippen LogP contribution in [0, 0.1) is 20.2 Å². The van der Waals surface area contributed by atoms with Crippen molar-refractivity contribution >= 4 is 23.3 Å². The first-order valence-corrected chi connectivity index (χ1v) is 18.7. The van der Waals surface area contributed by atoms with E-state index >= 15 is 0 Å². The summed E-state index contributed by atoms with van der Waals surface area (Å²) < 4.78 is 68.5. The highest BCUT2D eigenvalue weighted by molar-refractivity contribution is 5.95. The molecule has 0 amide bonds. The van der Waals surface area contributed by atoms with Crippen molar-refractivity contribution in [3.05, 3.63) is 55.6 Å². The van der Waals surface area contributed by atoms with Gasteiger partial charge in [-0.05, 0) is 19.4 Å². The molecule has 0 aliphatic carbocycles. The SMILES string of the molecule is COC(=O)c1cc(OC)c(OCCN(CCCCCCCCCCCCCCCC(F)(F)F)CCOc2cc([N+](=O)[O-])c(C(=O)OC)cc2OC)cc1[N+](=O)[O-]. The normalized spacial score (nSPS) is 11.3. The number of benzene rings is 2. The molecular weight excluding hydrogens is 747 g/mol. The van der Waals surface area contributed by atoms with Crippen LogP contribution in [0.15, 0.2) is 24.3 Å². The molecule has 0 saturated heterocycles. The van der Waals surface area contributed by atoms with Crippen LogP contribution in [0.5, 0.6) is 23.0 Å². The average Bonchev–Trinajstić information content (AvgIpc) is 3.17. The van der Waals surface area contributed by atoms with Gasteiger partial charge in [0.2, 0.25) is 0 Å². The molecule has 0 aromatic heterocycles. The van der Waals surface area contributed by atoms with E-state index in [2.05, 4.69) is 14.4 Å². The van der Waals surface area contributed by atoms with Crippen molar-refractivity contribution < 1.29 is 61.0 Å². The third kappa shape index (κ3) is 16.9. The number of alkyl halides is 3. The summed E-state index contributed by atoms with van der Waals surface area (Å²) in [6.07, 6.45) is 7.21. The maximum Gasteiger partial charge on any atom is 0.389 e. The van der Waals surface area contributed by atoms with Gasteiger partial charge in [-0.1, -0.05) is 70.6 Å². The maximum atomic E-state index is 12.2. The molecule has 2 aromatic carbocycles. The molecule has 0 radical (unpaired) electrons. The van der Waals surface area contributed by atoms with Crippen molar-refractivity contribution in [1.29, 1.82) is 0 Å². The van der Waals surface area contributed by atoms with E-state index in [1.807, 2.05) is 0 Å². The summed E-state index contributed by atoms with van der Waals surface area (Å²) in [5, 5.41) is 23.4. The van der Waals surface area contributed by atoms with E-state index in [0.717, 1.165) is 97.0 Å². The highest BCUT2D eigenvalue weighted by Gasteiger charge is 2.28. The van der Waals surface area contributed by atoms with Crippen LogP contribution in [-0.4, -0.2) is 94.1 Å². The van der Waals surface area contributed by atoms with E-state index in [0.29, 0.717) is 26.1 Å². The number of carbonyl (C=O) groups excluding carboxylic acids is 2. The minimum Gasteiger partial charge on any atom is -0.493 e. The first kappa shape index (κ1) is 47.3. The lowest BCUT2D eigenvalue weighted by molar-refractivity contribution is -0.385. The van der Waals surface area contributed by atoms with Crippen LogP contribution in [0.25, 0.3) is 0 Å². The molecule has 0 heterocycles. The van der Waals surface area contributed by atoms with Crippen molar-refractivity contribution in [2.75, 3.05) is 61.3 Å². The number of nitro benzene ring substituents is 2. The Bertz CT molecular complexity index is 1470. The number of methoxy groups -OCH3 is 4. The number of carbonyl (C=O) groups is 2. The number of unbranched alkanes of at least 4 members (excludes halogenated alkanes) is 12. The summed E-state index contributed by atoms with van der Waals surface area (Å²) in [6.45, 7) is 1.54. The molecule has 15 nitrogen and oxygen atoms in total. The zero-order valence-corrected chi connectivity index (χ0v) is 32.6. The number of nitro groups is 2. The van der Waals surface area contributed by atoms with Gasteiger partial charge in [0.1, 0.15) is 24.3 Å². The number of halogens is 3. The van der Waals surface area contributed by atoms with Gasteiger partial charge in [-0.15, -0.1) is 0 Å². The summed E-state index contributed by atoms with van der Waals surface area (Å²) in [7, 11) is 4.90. The van der Waals surface area contributed by atoms with E-state index in [4.69, 9.17) is 18.9 Å². The van der Waals surface area contributed by atoms with Gasteiger partial charge >= 0.3 is 18.1 Å². The molecule has 2 rings (SSSR count). The standard InChI is InChI=1S/C38H54F3N3O12/c1-51-32-24-28(36(45)53-3)30(43(47)48)26-34(32)55-22-20-42(19-17-15-13-11-9-7-5-6-8-10-12-14-16-18-38(39,40)41)21-23-56-35-27-31(44(49)50)29(37(46)54-4)25-33(35)52-2/h24-27H,5-23H2,1-4H3. The van der Waals surface area contributed by atoms with Gasteiger partial charge < -0.3 is 28.4 Å². The second-order valence-corrected chi connectivity index (χ2v) is 13.0. The van der Waals surface area contributed by atoms with Crippen molar-refractivity contribution in [1.82, 2.24) is 4.90 Å². The fourth-order valence-corrected chi connectivity index (χ4v) is 6.00. The Morgan fingerprint density at radius 1 is 0.571 bits per heavy atom. The van der Waals surface area contributed by atoms with Gasteiger partial charge in [0.25, 0.3) is 11.4 Å². The van der Waals surface area contributed by atoms with Crippen molar-refractivity contribution in [2.45, 2.75) is 96.1 Å². The molecule has 56 heavy (non-hydrogen) atoms. The molecule has 0 unspecified atom stereocenters. The van der Waals surface area contributed by atoms with Gasteiger partial charge in [0, 0.05) is 31.6 Å². The lowest BCUT2D eigenvalue weighted by Gasteiger charge is -2.23. The van der Waals surface area contributed by atoms with Gasteiger partial charge in [0.05, 0.1) is 50.4 Å². The summed E-state index contributed by atoms with van der Waals surface area (Å²) in [6, 6.07) is 4.60. The Kier molecular flexibility index (Phi) is 21.4. The molecule has 0 saturated carbocycles. The van der Waals surface area contributed by atoms with E-state index < -0.39 is 45.8 Å². The average molecular weight is 802 g/mol. The molecular formula is C38H54F3N3O12. The number of esters is 2. The van der Waals surface area contributed by atoms with E-state index in [1.54, 1.807) is 0 Å². The maximum absolute atomic E-state index is 12.2. The fraction of sp³-hybridized carbons (Fsp3) is 0.632. The lowest BCUT2D eigenvalue weighted by Crippen LogP contribution is -2.33. The number of ether oxygens (including phenoxy) is 6. The van der Waals surface area contributed by atoms with Crippen molar-refractivity contribution in [3.63, 3.8) is 0 Å². The molecule has 0 aliphatic rings. The van der Waals surface area contributed by atoms with Gasteiger partial charge in [0.15, 0.2) is 23.0 Å². The van der Waals surface area contributed by atoms with Crippen molar-refractivity contribution in [3.8, 4) is 23.0 Å². The number of nitrogens with zero attached hydrogens (tertiary/aromatic N) is 3. The molecule has 0 spiro atoms. The minimum absolute atomic E-state index is 0.0618. The number of hydrogen-bond donors (Lipinski definition) is 0. The van der Waals surface area contributed by atoms with Crippen LogP contribution in [-0.2, 0) is 9.47 Å². The van der Waals surface area contributed by atoms with Crippen LogP contribution in [0.4, 0.5) is 24.5 Å². The summed E-state index contributed by atoms with van der Waals surface area (Å²) >= 11 is 0. The summed E-state index contributed by atoms with van der Waals surface area (Å²) in [5.41, 5.74) is -1.57. The molecule has 18 heteroatoms. The van der Waals surface area contributed by atoms with Crippen LogP contribution in [0.2, 0.25) is 0 Å². The second-order valence-electron chi connectivity index (χ2n) is 13.0. The van der Waals surface area contributed by atoms with E-state index in [-0.39, 0.29) is 53.8 Å². The molecule has 0 bridgehead atoms. The van der Waals surface area contributed by atoms with Gasteiger partial charge in [-0.25, -0.2) is 9.59 Å². The monoisotopic (exact) mass is 801 g/mol. The quantitative estimate of drug-likeness (QED) is 0.0330. The smallest absolute Gasteiger partial charge is 0.389 e. The molecule has 0 aliphatic heterocycles. The van der Waals surface area contributed by atoms with E-state index in [1.165, 1.54) is 26.4 Å². The van der Waals surface area contributed by atoms with Gasteiger partial charge in [-0.3, -0.25) is 25.1 Å². The summed E-state index contributed by atoms with van der Waals surface area (Å²) in [5.74, 6) is -1.46. The molecule has 2 aromatic rings. The number of rotatable bonds is 29. The summed E-state index contributed by atoms with van der Waals surface area (Å²) in [4.78, 5) is 48.3. The second kappa shape index (κ2) is 25.3.